The molecular weight excluding hydrogens is 402 g/mol. The summed E-state index contributed by atoms with van der Waals surface area (Å²) in [6, 6.07) is 16.1. The second-order valence-corrected chi connectivity index (χ2v) is 7.77. The van der Waals surface area contributed by atoms with Crippen molar-refractivity contribution >= 4 is 18.0 Å². The first-order valence-corrected chi connectivity index (χ1v) is 9.74. The summed E-state index contributed by atoms with van der Waals surface area (Å²) in [5, 5.41) is 11.9. The van der Waals surface area contributed by atoms with Crippen LogP contribution >= 0.6 is 0 Å². The summed E-state index contributed by atoms with van der Waals surface area (Å²) in [6.07, 6.45) is -2.57. The van der Waals surface area contributed by atoms with Gasteiger partial charge in [0, 0.05) is 0 Å². The first-order valence-electron chi connectivity index (χ1n) is 9.74. The van der Waals surface area contributed by atoms with Crippen LogP contribution in [0.1, 0.15) is 31.9 Å². The average molecular weight is 429 g/mol. The second kappa shape index (κ2) is 11.1. The molecule has 0 aliphatic heterocycles. The lowest BCUT2D eigenvalue weighted by atomic mass is 10.1. The highest BCUT2D eigenvalue weighted by molar-refractivity contribution is 5.88. The molecule has 2 N–H and O–H groups in total. The highest BCUT2D eigenvalue weighted by Crippen LogP contribution is 2.13. The maximum Gasteiger partial charge on any atom is 0.408 e. The minimum Gasteiger partial charge on any atom is -0.480 e. The summed E-state index contributed by atoms with van der Waals surface area (Å²) in [5.41, 5.74) is 0.607. The molecule has 0 fully saturated rings. The maximum atomic E-state index is 12.7. The van der Waals surface area contributed by atoms with Gasteiger partial charge in [0.2, 0.25) is 0 Å². The Morgan fingerprint density at radius 3 is 1.90 bits per heavy atom. The van der Waals surface area contributed by atoms with E-state index in [2.05, 4.69) is 5.32 Å². The molecule has 0 aliphatic carbocycles. The first kappa shape index (κ1) is 23.9. The molecule has 0 heterocycles. The van der Waals surface area contributed by atoms with Crippen LogP contribution in [0.5, 0.6) is 0 Å². The normalized spacial score (nSPS) is 13.0. The number of carbonyl (C=O) groups excluding carboxylic acids is 2. The van der Waals surface area contributed by atoms with Gasteiger partial charge in [-0.15, -0.1) is 0 Å². The molecule has 2 aromatic rings. The molecule has 0 saturated carbocycles. The Labute approximate surface area is 181 Å². The molecule has 166 valence electrons. The third-order valence-corrected chi connectivity index (χ3v) is 3.97. The van der Waals surface area contributed by atoms with Crippen LogP contribution < -0.4 is 5.32 Å². The van der Waals surface area contributed by atoms with Crippen LogP contribution in [0.4, 0.5) is 4.79 Å². The van der Waals surface area contributed by atoms with Crippen molar-refractivity contribution in [1.29, 1.82) is 0 Å². The molecule has 2 rings (SSSR count). The number of nitrogens with one attached hydrogen (secondary N) is 1. The zero-order chi connectivity index (χ0) is 22.9. The smallest absolute Gasteiger partial charge is 0.408 e. The van der Waals surface area contributed by atoms with Crippen LogP contribution in [0.3, 0.4) is 0 Å². The number of carboxylic acid groups (broad SMARTS) is 1. The highest BCUT2D eigenvalue weighted by Gasteiger charge is 2.38. The third kappa shape index (κ3) is 8.47. The van der Waals surface area contributed by atoms with Crippen molar-refractivity contribution in [2.75, 3.05) is 0 Å². The molecule has 2 aromatic carbocycles. The minimum absolute atomic E-state index is 0.0499. The van der Waals surface area contributed by atoms with E-state index in [1.54, 1.807) is 69.3 Å². The van der Waals surface area contributed by atoms with Crippen LogP contribution in [0.2, 0.25) is 0 Å². The predicted octanol–water partition coefficient (Wildman–Crippen LogP) is 3.29. The number of benzene rings is 2. The number of esters is 1. The number of carboxylic acids is 1. The molecule has 8 nitrogen and oxygen atoms in total. The van der Waals surface area contributed by atoms with Crippen molar-refractivity contribution in [2.24, 2.45) is 0 Å². The Bertz CT molecular complexity index is 862. The average Bonchev–Trinajstić information content (AvgIpc) is 2.71. The van der Waals surface area contributed by atoms with Gasteiger partial charge < -0.3 is 24.6 Å². The number of rotatable bonds is 9. The van der Waals surface area contributed by atoms with Crippen molar-refractivity contribution in [2.45, 2.75) is 51.7 Å². The molecule has 31 heavy (non-hydrogen) atoms. The fourth-order valence-corrected chi connectivity index (χ4v) is 2.57. The van der Waals surface area contributed by atoms with E-state index in [9.17, 15) is 19.5 Å². The Morgan fingerprint density at radius 2 is 1.42 bits per heavy atom. The van der Waals surface area contributed by atoms with Gasteiger partial charge in [0.15, 0.2) is 12.1 Å². The van der Waals surface area contributed by atoms with E-state index >= 15 is 0 Å². The molecule has 0 aromatic heterocycles. The number of aliphatic carboxylic acids is 1. The van der Waals surface area contributed by atoms with Gasteiger partial charge in [0.05, 0.1) is 6.61 Å². The van der Waals surface area contributed by atoms with Crippen LogP contribution in [-0.2, 0) is 37.0 Å². The van der Waals surface area contributed by atoms with Crippen LogP contribution in [0.15, 0.2) is 60.7 Å². The zero-order valence-corrected chi connectivity index (χ0v) is 17.7. The molecular formula is C23H27NO7. The Kier molecular flexibility index (Phi) is 8.57. The van der Waals surface area contributed by atoms with Crippen molar-refractivity contribution in [1.82, 2.24) is 5.32 Å². The summed E-state index contributed by atoms with van der Waals surface area (Å²) in [6.45, 7) is 4.80. The molecule has 8 heteroatoms. The number of ether oxygens (including phenoxy) is 3. The fraction of sp³-hybridized carbons (Fsp3) is 0.348. The summed E-state index contributed by atoms with van der Waals surface area (Å²) < 4.78 is 16.0. The van der Waals surface area contributed by atoms with Crippen LogP contribution in [-0.4, -0.2) is 40.9 Å². The monoisotopic (exact) mass is 429 g/mol. The second-order valence-electron chi connectivity index (χ2n) is 7.77. The molecule has 0 spiro atoms. The summed E-state index contributed by atoms with van der Waals surface area (Å²) >= 11 is 0. The topological polar surface area (TPSA) is 111 Å². The Hall–Kier alpha value is -3.39. The maximum absolute atomic E-state index is 12.7. The van der Waals surface area contributed by atoms with Crippen molar-refractivity contribution in [3.8, 4) is 0 Å². The summed E-state index contributed by atoms with van der Waals surface area (Å²) in [5.74, 6) is -2.37. The van der Waals surface area contributed by atoms with Crippen LogP contribution in [0.25, 0.3) is 0 Å². The van der Waals surface area contributed by atoms with Gasteiger partial charge in [0.1, 0.15) is 12.2 Å². The lowest BCUT2D eigenvalue weighted by Crippen LogP contribution is -2.54. The number of hydrogen-bond acceptors (Lipinski definition) is 6. The SMILES string of the molecule is CC(C)(C)OC(=O)N[C@H](C(=O)O)[C@@H](OCc1ccccc1)C(=O)OCc1ccccc1. The standard InChI is InChI=1S/C23H27NO7/c1-23(2,3)31-22(28)24-18(20(25)26)19(29-14-16-10-6-4-7-11-16)21(27)30-15-17-12-8-5-9-13-17/h4-13,18-19H,14-15H2,1-3H3,(H,24,28)(H,25,26)/t18-,19+/m0/s1. The van der Waals surface area contributed by atoms with E-state index in [1.807, 2.05) is 12.1 Å². The molecule has 2 atom stereocenters. The fourth-order valence-electron chi connectivity index (χ4n) is 2.57. The Morgan fingerprint density at radius 1 is 0.903 bits per heavy atom. The summed E-state index contributed by atoms with van der Waals surface area (Å²) in [4.78, 5) is 36.8. The van der Waals surface area contributed by atoms with Gasteiger partial charge in [-0.05, 0) is 31.9 Å². The number of carbonyl (C=O) groups is 3. The lowest BCUT2D eigenvalue weighted by molar-refractivity contribution is -0.167. The van der Waals surface area contributed by atoms with E-state index in [1.165, 1.54) is 0 Å². The number of hydrogen-bond donors (Lipinski definition) is 2. The molecule has 0 saturated heterocycles. The van der Waals surface area contributed by atoms with E-state index in [-0.39, 0.29) is 13.2 Å². The number of amides is 1. The van der Waals surface area contributed by atoms with Crippen molar-refractivity contribution in [3.63, 3.8) is 0 Å². The quantitative estimate of drug-likeness (QED) is 0.588. The van der Waals surface area contributed by atoms with Gasteiger partial charge >= 0.3 is 18.0 Å². The van der Waals surface area contributed by atoms with Gasteiger partial charge in [0.25, 0.3) is 0 Å². The largest absolute Gasteiger partial charge is 0.480 e. The lowest BCUT2D eigenvalue weighted by Gasteiger charge is -2.26. The number of alkyl carbamates (subject to hydrolysis) is 1. The predicted molar refractivity (Wildman–Crippen MR) is 112 cm³/mol. The van der Waals surface area contributed by atoms with Crippen LogP contribution in [0, 0.1) is 0 Å². The van der Waals surface area contributed by atoms with Gasteiger partial charge in [-0.2, -0.15) is 0 Å². The van der Waals surface area contributed by atoms with Gasteiger partial charge in [-0.25, -0.2) is 14.4 Å². The molecule has 1 amide bonds. The molecule has 0 aliphatic rings. The van der Waals surface area contributed by atoms with Crippen molar-refractivity contribution in [3.05, 3.63) is 71.8 Å². The van der Waals surface area contributed by atoms with E-state index < -0.39 is 35.8 Å². The van der Waals surface area contributed by atoms with E-state index in [0.29, 0.717) is 0 Å². The first-order chi connectivity index (χ1) is 14.7. The Balaban J connectivity index is 2.16. The molecule has 0 unspecified atom stereocenters. The van der Waals surface area contributed by atoms with Gasteiger partial charge in [-0.1, -0.05) is 60.7 Å². The summed E-state index contributed by atoms with van der Waals surface area (Å²) in [7, 11) is 0. The zero-order valence-electron chi connectivity index (χ0n) is 17.7. The van der Waals surface area contributed by atoms with E-state index in [0.717, 1.165) is 11.1 Å². The highest BCUT2D eigenvalue weighted by atomic mass is 16.6. The third-order valence-electron chi connectivity index (χ3n) is 3.97. The molecule has 0 bridgehead atoms. The minimum atomic E-state index is -1.71. The molecule has 0 radical (unpaired) electrons. The van der Waals surface area contributed by atoms with Crippen molar-refractivity contribution < 1.29 is 33.7 Å². The van der Waals surface area contributed by atoms with Gasteiger partial charge in [-0.3, -0.25) is 0 Å². The van der Waals surface area contributed by atoms with E-state index in [4.69, 9.17) is 14.2 Å².